The Bertz CT molecular complexity index is 840. The van der Waals surface area contributed by atoms with Gasteiger partial charge in [-0.05, 0) is 48.4 Å². The minimum absolute atomic E-state index is 0.0911. The maximum Gasteiger partial charge on any atom is 0.243 e. The molecule has 1 aromatic carbocycles. The van der Waals surface area contributed by atoms with Crippen molar-refractivity contribution in [2.24, 2.45) is 0 Å². The van der Waals surface area contributed by atoms with Crippen LogP contribution in [-0.2, 0) is 27.8 Å². The smallest absolute Gasteiger partial charge is 0.243 e. The molecule has 5 nitrogen and oxygen atoms in total. The summed E-state index contributed by atoms with van der Waals surface area (Å²) >= 11 is 1.64. The minimum Gasteiger partial charge on any atom is -0.341 e. The highest BCUT2D eigenvalue weighted by Crippen LogP contribution is 2.21. The molecule has 3 rings (SSSR count). The summed E-state index contributed by atoms with van der Waals surface area (Å²) in [4.78, 5) is 15.5. The largest absolute Gasteiger partial charge is 0.341 e. The van der Waals surface area contributed by atoms with E-state index in [0.717, 1.165) is 29.7 Å². The van der Waals surface area contributed by atoms with Gasteiger partial charge in [0.25, 0.3) is 0 Å². The molecule has 1 amide bonds. The first-order valence-electron chi connectivity index (χ1n) is 9.32. The molecule has 0 aliphatic carbocycles. The number of rotatable bonds is 7. The lowest BCUT2D eigenvalue weighted by atomic mass is 10.1. The fourth-order valence-electron chi connectivity index (χ4n) is 3.25. The van der Waals surface area contributed by atoms with Crippen LogP contribution in [0.5, 0.6) is 0 Å². The number of hydrogen-bond acceptors (Lipinski definition) is 4. The topological polar surface area (TPSA) is 57.7 Å². The molecular weight excluding hydrogens is 380 g/mol. The predicted octanol–water partition coefficient (Wildman–Crippen LogP) is 3.51. The molecule has 27 heavy (non-hydrogen) atoms. The SMILES string of the molecule is CN(Cc1cccs1)C(=O)CCc1ccc(S(=O)(=O)N2CCCCC2)cc1. The van der Waals surface area contributed by atoms with E-state index in [4.69, 9.17) is 0 Å². The zero-order chi connectivity index (χ0) is 19.3. The zero-order valence-electron chi connectivity index (χ0n) is 15.6. The molecule has 1 fully saturated rings. The van der Waals surface area contributed by atoms with E-state index in [1.54, 1.807) is 32.7 Å². The normalized spacial score (nSPS) is 15.6. The van der Waals surface area contributed by atoms with E-state index in [1.807, 2.05) is 36.7 Å². The summed E-state index contributed by atoms with van der Waals surface area (Å²) in [5.74, 6) is 0.0911. The van der Waals surface area contributed by atoms with Crippen molar-refractivity contribution in [3.63, 3.8) is 0 Å². The summed E-state index contributed by atoms with van der Waals surface area (Å²) in [6, 6.07) is 11.0. The molecule has 0 spiro atoms. The van der Waals surface area contributed by atoms with Crippen LogP contribution in [0.25, 0.3) is 0 Å². The highest BCUT2D eigenvalue weighted by atomic mass is 32.2. The van der Waals surface area contributed by atoms with E-state index >= 15 is 0 Å². The number of carbonyl (C=O) groups excluding carboxylic acids is 1. The van der Waals surface area contributed by atoms with Crippen LogP contribution >= 0.6 is 11.3 Å². The number of sulfonamides is 1. The van der Waals surface area contributed by atoms with Crippen LogP contribution in [0.1, 0.15) is 36.1 Å². The Labute approximate surface area is 165 Å². The number of hydrogen-bond donors (Lipinski definition) is 0. The van der Waals surface area contributed by atoms with Crippen LogP contribution in [0.2, 0.25) is 0 Å². The molecule has 1 aromatic heterocycles. The second-order valence-corrected chi connectivity index (χ2v) is 9.91. The monoisotopic (exact) mass is 406 g/mol. The number of piperidine rings is 1. The molecule has 7 heteroatoms. The predicted molar refractivity (Wildman–Crippen MR) is 108 cm³/mol. The summed E-state index contributed by atoms with van der Waals surface area (Å²) in [5, 5.41) is 2.01. The number of aryl methyl sites for hydroxylation is 1. The molecule has 1 saturated heterocycles. The summed E-state index contributed by atoms with van der Waals surface area (Å²) in [6.45, 7) is 1.84. The Hall–Kier alpha value is -1.70. The van der Waals surface area contributed by atoms with Crippen LogP contribution in [-0.4, -0.2) is 43.7 Å². The maximum atomic E-state index is 12.7. The van der Waals surface area contributed by atoms with Crippen LogP contribution in [0.3, 0.4) is 0 Å². The lowest BCUT2D eigenvalue weighted by Crippen LogP contribution is -2.35. The van der Waals surface area contributed by atoms with Crippen molar-refractivity contribution in [1.82, 2.24) is 9.21 Å². The number of amides is 1. The molecule has 2 aromatic rings. The number of benzene rings is 1. The van der Waals surface area contributed by atoms with Gasteiger partial charge in [0, 0.05) is 31.4 Å². The molecule has 0 saturated carbocycles. The third kappa shape index (κ3) is 5.18. The van der Waals surface area contributed by atoms with Gasteiger partial charge in [0.05, 0.1) is 11.4 Å². The third-order valence-corrected chi connectivity index (χ3v) is 7.68. The van der Waals surface area contributed by atoms with Gasteiger partial charge in [-0.2, -0.15) is 4.31 Å². The fourth-order valence-corrected chi connectivity index (χ4v) is 5.52. The minimum atomic E-state index is -3.39. The first-order chi connectivity index (χ1) is 13.0. The van der Waals surface area contributed by atoms with Gasteiger partial charge in [-0.15, -0.1) is 11.3 Å². The van der Waals surface area contributed by atoms with Gasteiger partial charge >= 0.3 is 0 Å². The third-order valence-electron chi connectivity index (χ3n) is 4.90. The van der Waals surface area contributed by atoms with Crippen LogP contribution in [0.4, 0.5) is 0 Å². The van der Waals surface area contributed by atoms with E-state index in [9.17, 15) is 13.2 Å². The zero-order valence-corrected chi connectivity index (χ0v) is 17.3. The van der Waals surface area contributed by atoms with Gasteiger partial charge in [-0.3, -0.25) is 4.79 Å². The van der Waals surface area contributed by atoms with Crippen molar-refractivity contribution in [3.8, 4) is 0 Å². The molecule has 1 aliphatic heterocycles. The summed E-state index contributed by atoms with van der Waals surface area (Å²) in [7, 11) is -1.58. The highest BCUT2D eigenvalue weighted by Gasteiger charge is 2.25. The number of carbonyl (C=O) groups is 1. The van der Waals surface area contributed by atoms with Crippen LogP contribution < -0.4 is 0 Å². The molecule has 2 heterocycles. The molecule has 146 valence electrons. The maximum absolute atomic E-state index is 12.7. The lowest BCUT2D eigenvalue weighted by molar-refractivity contribution is -0.130. The molecular formula is C20H26N2O3S2. The molecule has 0 unspecified atom stereocenters. The van der Waals surface area contributed by atoms with E-state index in [-0.39, 0.29) is 5.91 Å². The summed E-state index contributed by atoms with van der Waals surface area (Å²) < 4.78 is 26.9. The molecule has 0 N–H and O–H groups in total. The van der Waals surface area contributed by atoms with Crippen molar-refractivity contribution in [1.29, 1.82) is 0 Å². The van der Waals surface area contributed by atoms with E-state index in [2.05, 4.69) is 0 Å². The Balaban J connectivity index is 1.55. The van der Waals surface area contributed by atoms with Gasteiger partial charge in [-0.1, -0.05) is 24.6 Å². The summed E-state index contributed by atoms with van der Waals surface area (Å²) in [6.07, 6.45) is 3.98. The Morgan fingerprint density at radius 1 is 1.11 bits per heavy atom. The van der Waals surface area contributed by atoms with Crippen molar-refractivity contribution in [3.05, 3.63) is 52.2 Å². The quantitative estimate of drug-likeness (QED) is 0.707. The van der Waals surface area contributed by atoms with Crippen LogP contribution in [0.15, 0.2) is 46.7 Å². The summed E-state index contributed by atoms with van der Waals surface area (Å²) in [5.41, 5.74) is 0.977. The molecule has 0 atom stereocenters. The second-order valence-electron chi connectivity index (χ2n) is 6.94. The van der Waals surface area contributed by atoms with Gasteiger partial charge in [0.15, 0.2) is 0 Å². The van der Waals surface area contributed by atoms with Gasteiger partial charge in [-0.25, -0.2) is 8.42 Å². The van der Waals surface area contributed by atoms with Gasteiger partial charge < -0.3 is 4.90 Å². The number of nitrogens with zero attached hydrogens (tertiary/aromatic N) is 2. The van der Waals surface area contributed by atoms with Crippen molar-refractivity contribution >= 4 is 27.3 Å². The van der Waals surface area contributed by atoms with Crippen molar-refractivity contribution in [2.75, 3.05) is 20.1 Å². The van der Waals surface area contributed by atoms with Crippen molar-refractivity contribution < 1.29 is 13.2 Å². The molecule has 1 aliphatic rings. The van der Waals surface area contributed by atoms with E-state index < -0.39 is 10.0 Å². The van der Waals surface area contributed by atoms with E-state index in [1.165, 1.54) is 0 Å². The average molecular weight is 407 g/mol. The highest BCUT2D eigenvalue weighted by molar-refractivity contribution is 7.89. The number of thiophene rings is 1. The van der Waals surface area contributed by atoms with Crippen LogP contribution in [0, 0.1) is 0 Å². The van der Waals surface area contributed by atoms with E-state index in [0.29, 0.717) is 37.4 Å². The Kier molecular flexibility index (Phi) is 6.68. The average Bonchev–Trinajstić information content (AvgIpc) is 3.20. The first-order valence-corrected chi connectivity index (χ1v) is 11.6. The van der Waals surface area contributed by atoms with Gasteiger partial charge in [0.1, 0.15) is 0 Å². The second kappa shape index (κ2) is 8.99. The Morgan fingerprint density at radius 2 is 1.81 bits per heavy atom. The molecule has 0 bridgehead atoms. The van der Waals surface area contributed by atoms with Gasteiger partial charge in [0.2, 0.25) is 15.9 Å². The Morgan fingerprint density at radius 3 is 2.44 bits per heavy atom. The first kappa shape index (κ1) is 20.0. The lowest BCUT2D eigenvalue weighted by Gasteiger charge is -2.25. The van der Waals surface area contributed by atoms with Crippen molar-refractivity contribution in [2.45, 2.75) is 43.5 Å². The molecule has 0 radical (unpaired) electrons. The fraction of sp³-hybridized carbons (Fsp3) is 0.450. The standard InChI is InChI=1S/C20H26N2O3S2/c1-21(16-18-6-5-15-26-18)20(23)12-9-17-7-10-19(11-8-17)27(24,25)22-13-3-2-4-14-22/h5-8,10-11,15H,2-4,9,12-14,16H2,1H3.